The fraction of sp³-hybridized carbons (Fsp3) is 0. The molecule has 5 heteroatoms. The van der Waals surface area contributed by atoms with Crippen LogP contribution in [0.2, 0.25) is 0 Å². The van der Waals surface area contributed by atoms with Gasteiger partial charge >= 0.3 is 0 Å². The van der Waals surface area contributed by atoms with Crippen LogP contribution in [-0.2, 0) is 0 Å². The fourth-order valence-corrected chi connectivity index (χ4v) is 0.429. The van der Waals surface area contributed by atoms with Crippen LogP contribution in [0.1, 0.15) is 0 Å². The molecule has 9 heavy (non-hydrogen) atoms. The monoisotopic (exact) mass is 130 g/mol. The van der Waals surface area contributed by atoms with Crippen molar-refractivity contribution in [3.63, 3.8) is 0 Å². The van der Waals surface area contributed by atoms with E-state index in [2.05, 4.69) is 4.98 Å². The van der Waals surface area contributed by atoms with Crippen LogP contribution < -0.4 is 0 Å². The minimum atomic E-state index is -0.448. The largest absolute Gasteiger partial charge is 0.412 e. The van der Waals surface area contributed by atoms with Gasteiger partial charge in [-0.05, 0) is 0 Å². The van der Waals surface area contributed by atoms with Gasteiger partial charge in [-0.3, -0.25) is 10.1 Å². The Balaban J connectivity index is 0.000000640. The Morgan fingerprint density at radius 2 is 2.33 bits per heavy atom. The molecule has 0 aliphatic heterocycles. The molecule has 50 valence electrons. The predicted octanol–water partition coefficient (Wildman–Crippen LogP) is 0.0982. The first-order valence-corrected chi connectivity index (χ1v) is 2.08. The second-order valence-corrected chi connectivity index (χ2v) is 1.33. The summed E-state index contributed by atoms with van der Waals surface area (Å²) < 4.78 is 0. The lowest BCUT2D eigenvalue weighted by molar-refractivity contribution is -0.384. The molecule has 0 saturated carbocycles. The van der Waals surface area contributed by atoms with Crippen molar-refractivity contribution in [2.75, 3.05) is 0 Å². The molecule has 3 N–H and O–H groups in total. The number of nitrogens with one attached hydrogen (secondary N) is 1. The minimum Gasteiger partial charge on any atom is -0.412 e. The summed E-state index contributed by atoms with van der Waals surface area (Å²) >= 11 is 0. The van der Waals surface area contributed by atoms with Gasteiger partial charge in [0.25, 0.3) is 5.69 Å². The highest BCUT2D eigenvalue weighted by atomic mass is 16.6. The van der Waals surface area contributed by atoms with Crippen LogP contribution in [0, 0.1) is 10.1 Å². The zero-order chi connectivity index (χ0) is 5.98. The highest BCUT2D eigenvalue weighted by Crippen LogP contribution is 2.05. The first-order chi connectivity index (χ1) is 3.80. The van der Waals surface area contributed by atoms with Crippen LogP contribution in [0.5, 0.6) is 0 Å². The molecule has 0 fully saturated rings. The van der Waals surface area contributed by atoms with E-state index in [-0.39, 0.29) is 11.2 Å². The van der Waals surface area contributed by atoms with E-state index in [1.54, 1.807) is 0 Å². The van der Waals surface area contributed by atoms with E-state index >= 15 is 0 Å². The summed E-state index contributed by atoms with van der Waals surface area (Å²) in [6.45, 7) is 0. The van der Waals surface area contributed by atoms with E-state index < -0.39 is 4.92 Å². The molecule has 0 unspecified atom stereocenters. The van der Waals surface area contributed by atoms with Crippen molar-refractivity contribution in [3.05, 3.63) is 28.6 Å². The summed E-state index contributed by atoms with van der Waals surface area (Å²) in [5, 5.41) is 9.85. The van der Waals surface area contributed by atoms with Crippen molar-refractivity contribution in [3.8, 4) is 0 Å². The van der Waals surface area contributed by atoms with Gasteiger partial charge < -0.3 is 10.5 Å². The van der Waals surface area contributed by atoms with Crippen molar-refractivity contribution in [1.82, 2.24) is 4.98 Å². The highest BCUT2D eigenvalue weighted by Gasteiger charge is 2.00. The van der Waals surface area contributed by atoms with Crippen LogP contribution in [-0.4, -0.2) is 15.4 Å². The van der Waals surface area contributed by atoms with Crippen molar-refractivity contribution in [2.45, 2.75) is 0 Å². The van der Waals surface area contributed by atoms with E-state index in [9.17, 15) is 10.1 Å². The number of hydrogen-bond acceptors (Lipinski definition) is 2. The molecule has 0 aliphatic rings. The number of nitrogens with zero attached hydrogens (tertiary/aromatic N) is 1. The summed E-state index contributed by atoms with van der Waals surface area (Å²) in [5.41, 5.74) is 0.102. The molecule has 0 spiro atoms. The standard InChI is InChI=1S/C4H4N2O2.H2O/c7-6(8)4-1-2-5-3-4;/h1-3,5H;1H2. The number of hydrogen-bond donors (Lipinski definition) is 1. The average Bonchev–Trinajstić information content (AvgIpc) is 2.12. The molecule has 1 aromatic rings. The van der Waals surface area contributed by atoms with Gasteiger partial charge in [0.2, 0.25) is 0 Å². The van der Waals surface area contributed by atoms with Crippen molar-refractivity contribution in [2.24, 2.45) is 0 Å². The summed E-state index contributed by atoms with van der Waals surface area (Å²) in [7, 11) is 0. The van der Waals surface area contributed by atoms with Gasteiger partial charge in [-0.25, -0.2) is 0 Å². The molecular formula is C4H6N2O3. The Morgan fingerprint density at radius 3 is 2.56 bits per heavy atom. The number of H-pyrrole nitrogens is 1. The third kappa shape index (κ3) is 1.54. The summed E-state index contributed by atoms with van der Waals surface area (Å²) in [4.78, 5) is 12.0. The number of aromatic amines is 1. The molecule has 0 radical (unpaired) electrons. The Kier molecular flexibility index (Phi) is 2.40. The maximum absolute atomic E-state index is 9.85. The topological polar surface area (TPSA) is 90.4 Å². The molecule has 0 atom stereocenters. The van der Waals surface area contributed by atoms with Crippen molar-refractivity contribution >= 4 is 5.69 Å². The molecule has 0 aliphatic carbocycles. The Bertz CT molecular complexity index is 182. The Morgan fingerprint density at radius 1 is 1.67 bits per heavy atom. The van der Waals surface area contributed by atoms with Gasteiger partial charge in [0.1, 0.15) is 0 Å². The molecule has 1 rings (SSSR count). The van der Waals surface area contributed by atoms with E-state index in [1.807, 2.05) is 0 Å². The Hall–Kier alpha value is -1.36. The SMILES string of the molecule is O.O=[N+]([O-])c1cc[nH]c1. The maximum atomic E-state index is 9.85. The number of aromatic nitrogens is 1. The zero-order valence-corrected chi connectivity index (χ0v) is 4.50. The molecule has 0 amide bonds. The van der Waals surface area contributed by atoms with Crippen LogP contribution in [0.25, 0.3) is 0 Å². The van der Waals surface area contributed by atoms with E-state index in [0.717, 1.165) is 0 Å². The molecule has 0 aromatic carbocycles. The van der Waals surface area contributed by atoms with E-state index in [1.165, 1.54) is 18.5 Å². The lowest BCUT2D eigenvalue weighted by Gasteiger charge is -1.77. The fourth-order valence-electron chi connectivity index (χ4n) is 0.429. The van der Waals surface area contributed by atoms with Gasteiger partial charge in [0.05, 0.1) is 11.1 Å². The smallest absolute Gasteiger partial charge is 0.286 e. The van der Waals surface area contributed by atoms with Crippen molar-refractivity contribution in [1.29, 1.82) is 0 Å². The van der Waals surface area contributed by atoms with Crippen LogP contribution in [0.15, 0.2) is 18.5 Å². The summed E-state index contributed by atoms with van der Waals surface area (Å²) in [5.74, 6) is 0. The van der Waals surface area contributed by atoms with Crippen molar-refractivity contribution < 1.29 is 10.4 Å². The lowest BCUT2D eigenvalue weighted by Crippen LogP contribution is -1.82. The molecule has 0 saturated heterocycles. The number of nitro groups is 1. The molecule has 5 nitrogen and oxygen atoms in total. The van der Waals surface area contributed by atoms with Crippen LogP contribution in [0.3, 0.4) is 0 Å². The van der Waals surface area contributed by atoms with Gasteiger partial charge in [-0.2, -0.15) is 0 Å². The third-order valence-corrected chi connectivity index (χ3v) is 0.792. The van der Waals surface area contributed by atoms with E-state index in [4.69, 9.17) is 0 Å². The van der Waals surface area contributed by atoms with E-state index in [0.29, 0.717) is 0 Å². The summed E-state index contributed by atoms with van der Waals surface area (Å²) in [6.07, 6.45) is 2.85. The van der Waals surface area contributed by atoms with Gasteiger partial charge in [-0.15, -0.1) is 0 Å². The second kappa shape index (κ2) is 2.83. The maximum Gasteiger partial charge on any atom is 0.286 e. The quantitative estimate of drug-likeness (QED) is 0.431. The molecular weight excluding hydrogens is 124 g/mol. The number of rotatable bonds is 1. The van der Waals surface area contributed by atoms with Gasteiger partial charge in [0.15, 0.2) is 0 Å². The average molecular weight is 130 g/mol. The normalized spacial score (nSPS) is 8.00. The first-order valence-electron chi connectivity index (χ1n) is 2.08. The highest BCUT2D eigenvalue weighted by molar-refractivity contribution is 5.23. The Labute approximate surface area is 50.8 Å². The molecule has 1 aromatic heterocycles. The second-order valence-electron chi connectivity index (χ2n) is 1.33. The third-order valence-electron chi connectivity index (χ3n) is 0.792. The summed E-state index contributed by atoms with van der Waals surface area (Å²) in [6, 6.07) is 1.40. The van der Waals surface area contributed by atoms with Crippen LogP contribution >= 0.6 is 0 Å². The van der Waals surface area contributed by atoms with Gasteiger partial charge in [-0.1, -0.05) is 0 Å². The van der Waals surface area contributed by atoms with Gasteiger partial charge in [0, 0.05) is 12.3 Å². The minimum absolute atomic E-state index is 0. The molecule has 1 heterocycles. The molecule has 0 bridgehead atoms. The predicted molar refractivity (Wildman–Crippen MR) is 31.1 cm³/mol. The zero-order valence-electron chi connectivity index (χ0n) is 4.50. The van der Waals surface area contributed by atoms with Crippen LogP contribution in [0.4, 0.5) is 5.69 Å². The lowest BCUT2D eigenvalue weighted by atomic mass is 10.6. The first kappa shape index (κ1) is 7.64.